The number of carboxylic acids is 1. The molecule has 12 heteroatoms. The van der Waals surface area contributed by atoms with Crippen LogP contribution in [0.2, 0.25) is 5.02 Å². The number of anilines is 1. The third-order valence-corrected chi connectivity index (χ3v) is 11.6. The minimum Gasteiger partial charge on any atom is -0.497 e. The van der Waals surface area contributed by atoms with Crippen molar-refractivity contribution in [3.63, 3.8) is 0 Å². The number of ether oxygens (including phenoxy) is 2. The molecule has 1 unspecified atom stereocenters. The number of nitrogens with zero attached hydrogens (tertiary/aromatic N) is 2. The van der Waals surface area contributed by atoms with Gasteiger partial charge in [-0.05, 0) is 110 Å². The zero-order valence-corrected chi connectivity index (χ0v) is 29.3. The summed E-state index contributed by atoms with van der Waals surface area (Å²) in [5, 5.41) is 15.8. The van der Waals surface area contributed by atoms with E-state index in [4.69, 9.17) is 26.2 Å². The van der Waals surface area contributed by atoms with Crippen LogP contribution < -0.4 is 19.5 Å². The Kier molecular flexibility index (Phi) is 10.4. The number of hydrogen-bond acceptors (Lipinski definition) is 7. The van der Waals surface area contributed by atoms with Gasteiger partial charge in [0.1, 0.15) is 11.5 Å². The molecule has 1 heterocycles. The van der Waals surface area contributed by atoms with Crippen LogP contribution in [0.3, 0.4) is 0 Å². The van der Waals surface area contributed by atoms with Gasteiger partial charge < -0.3 is 24.4 Å². The van der Waals surface area contributed by atoms with E-state index in [1.54, 1.807) is 25.3 Å². The van der Waals surface area contributed by atoms with Gasteiger partial charge >= 0.3 is 5.97 Å². The molecular formula is C37H44ClN3O7S. The van der Waals surface area contributed by atoms with E-state index in [0.29, 0.717) is 43.6 Å². The second-order valence-electron chi connectivity index (χ2n) is 13.8. The van der Waals surface area contributed by atoms with Crippen molar-refractivity contribution in [3.05, 3.63) is 87.9 Å². The molecule has 0 aromatic heterocycles. The van der Waals surface area contributed by atoms with Crippen LogP contribution in [-0.4, -0.2) is 69.4 Å². The molecule has 1 saturated carbocycles. The Balaban J connectivity index is 1.25. The van der Waals surface area contributed by atoms with E-state index in [0.717, 1.165) is 49.1 Å². The molecule has 0 bridgehead atoms. The lowest BCUT2D eigenvalue weighted by atomic mass is 9.69. The first-order valence-electron chi connectivity index (χ1n) is 16.9. The van der Waals surface area contributed by atoms with Crippen LogP contribution in [-0.2, 0) is 33.2 Å². The molecule has 2 aliphatic carbocycles. The van der Waals surface area contributed by atoms with Gasteiger partial charge in [-0.3, -0.25) is 4.79 Å². The molecular weight excluding hydrogens is 666 g/mol. The number of primary sulfonamides is 1. The maximum atomic E-state index is 13.6. The van der Waals surface area contributed by atoms with E-state index in [9.17, 15) is 23.1 Å². The van der Waals surface area contributed by atoms with Gasteiger partial charge in [-0.2, -0.15) is 0 Å². The van der Waals surface area contributed by atoms with Crippen molar-refractivity contribution in [3.8, 4) is 11.5 Å². The van der Waals surface area contributed by atoms with Gasteiger partial charge in [0.15, 0.2) is 0 Å². The average molecular weight is 710 g/mol. The summed E-state index contributed by atoms with van der Waals surface area (Å²) >= 11 is 6.41. The number of methoxy groups -OCH3 is 1. The summed E-state index contributed by atoms with van der Waals surface area (Å²) < 4.78 is 34.9. The van der Waals surface area contributed by atoms with Crippen LogP contribution in [0, 0.1) is 11.8 Å². The number of carboxylic acid groups (broad SMARTS) is 1. The summed E-state index contributed by atoms with van der Waals surface area (Å²) in [4.78, 5) is 29.8. The van der Waals surface area contributed by atoms with Crippen LogP contribution in [0.25, 0.3) is 0 Å². The fourth-order valence-electron chi connectivity index (χ4n) is 7.72. The number of benzene rings is 3. The standard InChI is InChI=1S/C37H44ClN3O7S/c1-47-31-12-6-25(7-13-31)20-40(35(42)5-3-17-49(39,45)46)21-28-8-9-29(28)22-41-23-37(16-2-4-26-18-30(38)11-14-32(26)37)24-48-34-15-10-27(36(43)44)19-33(34)41/h6-7,10-15,18-19,28-29H,2-5,8-9,16-17,20-24H2,1H3,(H,43,44)(H2,39,45,46)/t28-,29?,37-/m0/s1. The normalized spacial score (nSPS) is 21.5. The van der Waals surface area contributed by atoms with Gasteiger partial charge in [-0.15, -0.1) is 0 Å². The van der Waals surface area contributed by atoms with E-state index in [2.05, 4.69) is 17.0 Å². The highest BCUT2D eigenvalue weighted by Gasteiger charge is 2.43. The van der Waals surface area contributed by atoms with Gasteiger partial charge in [0.05, 0.1) is 30.7 Å². The van der Waals surface area contributed by atoms with Crippen molar-refractivity contribution in [2.24, 2.45) is 17.0 Å². The van der Waals surface area contributed by atoms with Crippen molar-refractivity contribution in [1.82, 2.24) is 4.90 Å². The summed E-state index contributed by atoms with van der Waals surface area (Å²) in [6, 6.07) is 18.8. The van der Waals surface area contributed by atoms with Gasteiger partial charge in [0.2, 0.25) is 15.9 Å². The van der Waals surface area contributed by atoms with E-state index < -0.39 is 16.0 Å². The van der Waals surface area contributed by atoms with Crippen LogP contribution in [0.4, 0.5) is 5.69 Å². The molecule has 3 aromatic carbocycles. The number of aromatic carboxylic acids is 1. The second-order valence-corrected chi connectivity index (χ2v) is 16.0. The fraction of sp³-hybridized carbons (Fsp3) is 0.459. The number of halogens is 1. The smallest absolute Gasteiger partial charge is 0.335 e. The highest BCUT2D eigenvalue weighted by molar-refractivity contribution is 7.89. The minimum absolute atomic E-state index is 0.0880. The molecule has 3 atom stereocenters. The van der Waals surface area contributed by atoms with Gasteiger partial charge in [0.25, 0.3) is 0 Å². The molecule has 3 N–H and O–H groups in total. The third kappa shape index (κ3) is 8.16. The van der Waals surface area contributed by atoms with Crippen LogP contribution in [0.15, 0.2) is 60.7 Å². The number of sulfonamides is 1. The van der Waals surface area contributed by atoms with Crippen molar-refractivity contribution < 1.29 is 32.6 Å². The highest BCUT2D eigenvalue weighted by atomic mass is 35.5. The minimum atomic E-state index is -3.67. The summed E-state index contributed by atoms with van der Waals surface area (Å²) in [5.74, 6) is 0.516. The number of fused-ring (bicyclic) bond motifs is 3. The fourth-order valence-corrected chi connectivity index (χ4v) is 8.46. The zero-order valence-electron chi connectivity index (χ0n) is 27.8. The largest absolute Gasteiger partial charge is 0.497 e. The molecule has 1 spiro atoms. The molecule has 0 radical (unpaired) electrons. The maximum absolute atomic E-state index is 13.6. The monoisotopic (exact) mass is 709 g/mol. The van der Waals surface area contributed by atoms with Crippen molar-refractivity contribution in [2.75, 3.05) is 44.0 Å². The number of hydrogen-bond donors (Lipinski definition) is 2. The summed E-state index contributed by atoms with van der Waals surface area (Å²) in [7, 11) is -2.06. The lowest BCUT2D eigenvalue weighted by Gasteiger charge is -2.45. The Labute approximate surface area is 293 Å². The molecule has 1 aliphatic heterocycles. The lowest BCUT2D eigenvalue weighted by Crippen LogP contribution is -2.50. The Morgan fingerprint density at radius 1 is 1.10 bits per heavy atom. The van der Waals surface area contributed by atoms with E-state index in [1.165, 1.54) is 11.1 Å². The van der Waals surface area contributed by atoms with Crippen molar-refractivity contribution in [1.29, 1.82) is 0 Å². The zero-order chi connectivity index (χ0) is 34.8. The second kappa shape index (κ2) is 14.6. The number of carbonyl (C=O) groups excluding carboxylic acids is 1. The molecule has 0 saturated heterocycles. The quantitative estimate of drug-likeness (QED) is 0.246. The van der Waals surface area contributed by atoms with Crippen molar-refractivity contribution in [2.45, 2.75) is 56.9 Å². The Bertz CT molecular complexity index is 1800. The van der Waals surface area contributed by atoms with E-state index in [-0.39, 0.29) is 47.3 Å². The molecule has 49 heavy (non-hydrogen) atoms. The molecule has 1 fully saturated rings. The van der Waals surface area contributed by atoms with E-state index in [1.807, 2.05) is 35.2 Å². The molecule has 3 aliphatic rings. The molecule has 6 rings (SSSR count). The molecule has 1 amide bonds. The summed E-state index contributed by atoms with van der Waals surface area (Å²) in [6.07, 6.45) is 5.07. The van der Waals surface area contributed by atoms with Crippen LogP contribution >= 0.6 is 11.6 Å². The topological polar surface area (TPSA) is 139 Å². The maximum Gasteiger partial charge on any atom is 0.335 e. The Hall–Kier alpha value is -3.80. The van der Waals surface area contributed by atoms with Gasteiger partial charge in [-0.25, -0.2) is 18.4 Å². The van der Waals surface area contributed by atoms with Crippen LogP contribution in [0.5, 0.6) is 11.5 Å². The average Bonchev–Trinajstić information content (AvgIpc) is 3.21. The number of aryl methyl sites for hydroxylation is 1. The predicted molar refractivity (Wildman–Crippen MR) is 189 cm³/mol. The highest BCUT2D eigenvalue weighted by Crippen LogP contribution is 2.46. The predicted octanol–water partition coefficient (Wildman–Crippen LogP) is 5.64. The third-order valence-electron chi connectivity index (χ3n) is 10.5. The first-order chi connectivity index (χ1) is 23.4. The summed E-state index contributed by atoms with van der Waals surface area (Å²) in [5.41, 5.74) is 4.11. The molecule has 262 valence electrons. The van der Waals surface area contributed by atoms with Gasteiger partial charge in [0, 0.05) is 43.0 Å². The SMILES string of the molecule is COc1ccc(CN(C[C@@H]2CCC2CN2C[C@@]3(CCCc4cc(Cl)ccc43)COc3ccc(C(=O)O)cc32)C(=O)CCCS(N)(=O)=O)cc1. The Morgan fingerprint density at radius 2 is 1.88 bits per heavy atom. The van der Waals surface area contributed by atoms with Crippen LogP contribution in [0.1, 0.15) is 65.6 Å². The number of carbonyl (C=O) groups is 2. The lowest BCUT2D eigenvalue weighted by molar-refractivity contribution is -0.133. The van der Waals surface area contributed by atoms with Gasteiger partial charge in [-0.1, -0.05) is 29.8 Å². The van der Waals surface area contributed by atoms with E-state index >= 15 is 0 Å². The number of amides is 1. The van der Waals surface area contributed by atoms with Crippen molar-refractivity contribution >= 4 is 39.2 Å². The molecule has 10 nitrogen and oxygen atoms in total. The molecule has 3 aromatic rings. The first-order valence-corrected chi connectivity index (χ1v) is 19.0. The first kappa shape index (κ1) is 35.0. The summed E-state index contributed by atoms with van der Waals surface area (Å²) in [6.45, 7) is 2.76. The number of nitrogens with two attached hydrogens (primary N) is 1. The Morgan fingerprint density at radius 3 is 2.57 bits per heavy atom. The number of rotatable bonds is 12.